The molecule has 0 aromatic heterocycles. The van der Waals surface area contributed by atoms with Crippen LogP contribution in [-0.4, -0.2) is 35.6 Å². The van der Waals surface area contributed by atoms with E-state index in [1.165, 1.54) is 0 Å². The standard InChI is InChI=1S/C10H17NO2/c1-3-11(4-2)9-7-5-6-8-10(12)13/h3-4,7-9H2,1-2H3,(H,12,13). The van der Waals surface area contributed by atoms with Gasteiger partial charge in [-0.05, 0) is 13.1 Å². The lowest BCUT2D eigenvalue weighted by atomic mass is 10.3. The van der Waals surface area contributed by atoms with E-state index in [0.717, 1.165) is 26.1 Å². The lowest BCUT2D eigenvalue weighted by Gasteiger charge is -2.15. The fraction of sp³-hybridized carbons (Fsp3) is 0.700. The van der Waals surface area contributed by atoms with E-state index in [1.807, 2.05) is 0 Å². The fourth-order valence-corrected chi connectivity index (χ4v) is 0.980. The first-order chi connectivity index (χ1) is 6.20. The highest BCUT2D eigenvalue weighted by Crippen LogP contribution is 1.89. The van der Waals surface area contributed by atoms with Crippen molar-refractivity contribution in [3.8, 4) is 11.8 Å². The number of carboxylic acids is 1. The molecule has 0 bridgehead atoms. The summed E-state index contributed by atoms with van der Waals surface area (Å²) in [5.74, 6) is 4.60. The molecule has 3 nitrogen and oxygen atoms in total. The molecule has 0 spiro atoms. The van der Waals surface area contributed by atoms with Gasteiger partial charge in [0.2, 0.25) is 0 Å². The first kappa shape index (κ1) is 12.0. The summed E-state index contributed by atoms with van der Waals surface area (Å²) in [4.78, 5) is 12.4. The molecule has 1 N–H and O–H groups in total. The van der Waals surface area contributed by atoms with E-state index in [0.29, 0.717) is 0 Å². The zero-order valence-electron chi connectivity index (χ0n) is 8.34. The molecule has 74 valence electrons. The molecule has 0 fully saturated rings. The normalized spacial score (nSPS) is 9.46. The third kappa shape index (κ3) is 7.35. The SMILES string of the molecule is CCN(CC)CCC#CCC(=O)O. The van der Waals surface area contributed by atoms with E-state index in [-0.39, 0.29) is 6.42 Å². The van der Waals surface area contributed by atoms with Crippen LogP contribution in [0.4, 0.5) is 0 Å². The molecule has 0 aliphatic carbocycles. The van der Waals surface area contributed by atoms with E-state index in [4.69, 9.17) is 5.11 Å². The minimum absolute atomic E-state index is 0.0434. The van der Waals surface area contributed by atoms with Crippen molar-refractivity contribution >= 4 is 5.97 Å². The number of aliphatic carboxylic acids is 1. The van der Waals surface area contributed by atoms with Gasteiger partial charge in [-0.1, -0.05) is 19.8 Å². The second kappa shape index (κ2) is 7.63. The van der Waals surface area contributed by atoms with Crippen LogP contribution in [0, 0.1) is 11.8 Å². The minimum atomic E-state index is -0.852. The summed E-state index contributed by atoms with van der Waals surface area (Å²) in [6, 6.07) is 0. The number of carboxylic acid groups (broad SMARTS) is 1. The number of carbonyl (C=O) groups is 1. The van der Waals surface area contributed by atoms with Crippen molar-refractivity contribution < 1.29 is 9.90 Å². The molecule has 0 amide bonds. The summed E-state index contributed by atoms with van der Waals surface area (Å²) in [5.41, 5.74) is 0. The summed E-state index contributed by atoms with van der Waals surface area (Å²) in [7, 11) is 0. The Kier molecular flexibility index (Phi) is 7.04. The molecule has 0 unspecified atom stereocenters. The van der Waals surface area contributed by atoms with Crippen LogP contribution in [0.1, 0.15) is 26.7 Å². The van der Waals surface area contributed by atoms with Crippen LogP contribution in [0.25, 0.3) is 0 Å². The predicted molar refractivity (Wildman–Crippen MR) is 52.4 cm³/mol. The molecule has 3 heteroatoms. The Labute approximate surface area is 79.7 Å². The van der Waals surface area contributed by atoms with E-state index in [9.17, 15) is 4.79 Å². The van der Waals surface area contributed by atoms with E-state index in [1.54, 1.807) is 0 Å². The van der Waals surface area contributed by atoms with Crippen LogP contribution in [0.5, 0.6) is 0 Å². The van der Waals surface area contributed by atoms with Gasteiger partial charge in [-0.25, -0.2) is 0 Å². The molecule has 0 saturated heterocycles. The fourth-order valence-electron chi connectivity index (χ4n) is 0.980. The third-order valence-electron chi connectivity index (χ3n) is 1.81. The van der Waals surface area contributed by atoms with Gasteiger partial charge in [-0.3, -0.25) is 4.79 Å². The smallest absolute Gasteiger partial charge is 0.315 e. The summed E-state index contributed by atoms with van der Waals surface area (Å²) in [6.07, 6.45) is 0.715. The molecule has 0 atom stereocenters. The van der Waals surface area contributed by atoms with Crippen LogP contribution in [-0.2, 0) is 4.79 Å². The maximum Gasteiger partial charge on any atom is 0.315 e. The molecule has 0 aromatic rings. The molecular formula is C10H17NO2. The van der Waals surface area contributed by atoms with Crippen LogP contribution in [0.2, 0.25) is 0 Å². The molecule has 0 rings (SSSR count). The molecule has 0 aromatic carbocycles. The van der Waals surface area contributed by atoms with Gasteiger partial charge in [0.05, 0.1) is 0 Å². The number of hydrogen-bond donors (Lipinski definition) is 1. The third-order valence-corrected chi connectivity index (χ3v) is 1.81. The Morgan fingerprint density at radius 3 is 2.38 bits per heavy atom. The number of rotatable bonds is 5. The molecule has 0 aliphatic heterocycles. The van der Waals surface area contributed by atoms with Gasteiger partial charge in [-0.2, -0.15) is 0 Å². The maximum absolute atomic E-state index is 10.1. The molecule has 0 heterocycles. The zero-order chi connectivity index (χ0) is 10.1. The van der Waals surface area contributed by atoms with Gasteiger partial charge >= 0.3 is 5.97 Å². The Hall–Kier alpha value is -1.01. The van der Waals surface area contributed by atoms with Crippen LogP contribution < -0.4 is 0 Å². The largest absolute Gasteiger partial charge is 0.481 e. The maximum atomic E-state index is 10.1. The average molecular weight is 183 g/mol. The monoisotopic (exact) mass is 183 g/mol. The summed E-state index contributed by atoms with van der Waals surface area (Å²) in [6.45, 7) is 7.19. The summed E-state index contributed by atoms with van der Waals surface area (Å²) in [5, 5.41) is 8.30. The molecule has 0 saturated carbocycles. The van der Waals surface area contributed by atoms with E-state index in [2.05, 4.69) is 30.6 Å². The minimum Gasteiger partial charge on any atom is -0.481 e. The summed E-state index contributed by atoms with van der Waals surface area (Å²) < 4.78 is 0. The molecule has 13 heavy (non-hydrogen) atoms. The van der Waals surface area contributed by atoms with E-state index < -0.39 is 5.97 Å². The Morgan fingerprint density at radius 2 is 1.92 bits per heavy atom. The highest BCUT2D eigenvalue weighted by molar-refractivity contribution is 5.69. The molecular weight excluding hydrogens is 166 g/mol. The van der Waals surface area contributed by atoms with Gasteiger partial charge in [-0.15, -0.1) is 5.92 Å². The quantitative estimate of drug-likeness (QED) is 0.651. The van der Waals surface area contributed by atoms with Crippen LogP contribution >= 0.6 is 0 Å². The predicted octanol–water partition coefficient (Wildman–Crippen LogP) is 1.20. The van der Waals surface area contributed by atoms with Crippen molar-refractivity contribution in [3.05, 3.63) is 0 Å². The van der Waals surface area contributed by atoms with Gasteiger partial charge in [0, 0.05) is 13.0 Å². The van der Waals surface area contributed by atoms with Crippen molar-refractivity contribution in [2.24, 2.45) is 0 Å². The van der Waals surface area contributed by atoms with Crippen molar-refractivity contribution in [1.82, 2.24) is 4.90 Å². The van der Waals surface area contributed by atoms with Crippen LogP contribution in [0.3, 0.4) is 0 Å². The van der Waals surface area contributed by atoms with Gasteiger partial charge < -0.3 is 10.0 Å². The highest BCUT2D eigenvalue weighted by Gasteiger charge is 1.95. The zero-order valence-corrected chi connectivity index (χ0v) is 8.34. The average Bonchev–Trinajstić information content (AvgIpc) is 2.11. The Balaban J connectivity index is 3.51. The number of nitrogens with zero attached hydrogens (tertiary/aromatic N) is 1. The lowest BCUT2D eigenvalue weighted by Crippen LogP contribution is -2.23. The number of hydrogen-bond acceptors (Lipinski definition) is 2. The van der Waals surface area contributed by atoms with Crippen molar-refractivity contribution in [1.29, 1.82) is 0 Å². The van der Waals surface area contributed by atoms with Crippen molar-refractivity contribution in [3.63, 3.8) is 0 Å². The van der Waals surface area contributed by atoms with Gasteiger partial charge in [0.15, 0.2) is 0 Å². The van der Waals surface area contributed by atoms with Gasteiger partial charge in [0.25, 0.3) is 0 Å². The highest BCUT2D eigenvalue weighted by atomic mass is 16.4. The lowest BCUT2D eigenvalue weighted by molar-refractivity contribution is -0.135. The Morgan fingerprint density at radius 1 is 1.31 bits per heavy atom. The second-order valence-corrected chi connectivity index (χ2v) is 2.70. The topological polar surface area (TPSA) is 40.5 Å². The van der Waals surface area contributed by atoms with Crippen molar-refractivity contribution in [2.45, 2.75) is 26.7 Å². The van der Waals surface area contributed by atoms with E-state index >= 15 is 0 Å². The Bertz CT molecular complexity index is 199. The van der Waals surface area contributed by atoms with Gasteiger partial charge in [0.1, 0.15) is 6.42 Å². The van der Waals surface area contributed by atoms with Crippen LogP contribution in [0.15, 0.2) is 0 Å². The summed E-state index contributed by atoms with van der Waals surface area (Å²) >= 11 is 0. The first-order valence-electron chi connectivity index (χ1n) is 4.60. The molecule has 0 aliphatic rings. The molecule has 0 radical (unpaired) electrons. The van der Waals surface area contributed by atoms with Crippen molar-refractivity contribution in [2.75, 3.05) is 19.6 Å². The first-order valence-corrected chi connectivity index (χ1v) is 4.60. The second-order valence-electron chi connectivity index (χ2n) is 2.70.